The molecule has 2 aromatic rings. The van der Waals surface area contributed by atoms with Crippen molar-refractivity contribution in [3.8, 4) is 6.07 Å². The van der Waals surface area contributed by atoms with Gasteiger partial charge >= 0.3 is 0 Å². The van der Waals surface area contributed by atoms with Crippen molar-refractivity contribution in [1.29, 1.82) is 5.26 Å². The van der Waals surface area contributed by atoms with Gasteiger partial charge in [-0.05, 0) is 42.7 Å². The Hall–Kier alpha value is -2.43. The van der Waals surface area contributed by atoms with Gasteiger partial charge in [0.15, 0.2) is 0 Å². The summed E-state index contributed by atoms with van der Waals surface area (Å²) in [6.07, 6.45) is 3.43. The Morgan fingerprint density at radius 1 is 1.22 bits per heavy atom. The molecule has 0 saturated heterocycles. The second kappa shape index (κ2) is 6.36. The zero-order valence-electron chi connectivity index (χ0n) is 12.4. The van der Waals surface area contributed by atoms with E-state index >= 15 is 0 Å². The molecule has 0 unspecified atom stereocenters. The fraction of sp³-hybridized carbons (Fsp3) is 0.250. The van der Waals surface area contributed by atoms with Crippen LogP contribution in [0.25, 0.3) is 0 Å². The first-order valence-corrected chi connectivity index (χ1v) is 8.77. The summed E-state index contributed by atoms with van der Waals surface area (Å²) in [7, 11) is -3.42. The van der Waals surface area contributed by atoms with Crippen LogP contribution in [0.5, 0.6) is 0 Å². The second-order valence-corrected chi connectivity index (χ2v) is 7.12. The molecule has 1 aromatic heterocycles. The van der Waals surface area contributed by atoms with Gasteiger partial charge in [0.05, 0.1) is 10.5 Å². The molecular formula is C16H16N4O2S. The normalized spacial score (nSPS) is 14.2. The Morgan fingerprint density at radius 2 is 1.96 bits per heavy atom. The molecule has 7 heteroatoms. The van der Waals surface area contributed by atoms with Crippen molar-refractivity contribution in [3.05, 3.63) is 53.7 Å². The summed E-state index contributed by atoms with van der Waals surface area (Å²) in [5.74, 6) is 0.516. The number of anilines is 1. The minimum absolute atomic E-state index is 0.0925. The summed E-state index contributed by atoms with van der Waals surface area (Å²) in [6.45, 7) is 0.460. The highest BCUT2D eigenvalue weighted by molar-refractivity contribution is 7.89. The standard InChI is InChI=1S/C16H16N4O2S/c17-10-13-2-1-9-18-16(13)19-11-12-3-7-15(8-4-12)23(21,22)20-14-5-6-14/h1-4,7-9,14,20H,5-6,11H2,(H,18,19). The summed E-state index contributed by atoms with van der Waals surface area (Å²) >= 11 is 0. The van der Waals surface area contributed by atoms with Crippen LogP contribution in [0, 0.1) is 11.3 Å². The number of hydrogen-bond acceptors (Lipinski definition) is 5. The van der Waals surface area contributed by atoms with Crippen molar-refractivity contribution in [2.75, 3.05) is 5.32 Å². The maximum absolute atomic E-state index is 12.1. The Morgan fingerprint density at radius 3 is 2.61 bits per heavy atom. The third-order valence-electron chi connectivity index (χ3n) is 3.52. The summed E-state index contributed by atoms with van der Waals surface area (Å²) < 4.78 is 26.8. The number of pyridine rings is 1. The zero-order chi connectivity index (χ0) is 16.3. The molecule has 0 aliphatic heterocycles. The minimum atomic E-state index is -3.42. The van der Waals surface area contributed by atoms with E-state index in [4.69, 9.17) is 5.26 Å². The van der Waals surface area contributed by atoms with Crippen molar-refractivity contribution >= 4 is 15.8 Å². The Bertz CT molecular complexity index is 837. The van der Waals surface area contributed by atoms with Gasteiger partial charge in [0.1, 0.15) is 11.9 Å². The number of benzene rings is 1. The first-order valence-electron chi connectivity index (χ1n) is 7.29. The van der Waals surface area contributed by atoms with Gasteiger partial charge in [0.25, 0.3) is 0 Å². The smallest absolute Gasteiger partial charge is 0.240 e. The molecule has 1 aliphatic carbocycles. The van der Waals surface area contributed by atoms with Gasteiger partial charge in [-0.25, -0.2) is 18.1 Å². The molecule has 0 atom stereocenters. The van der Waals surface area contributed by atoms with Gasteiger partial charge in [-0.3, -0.25) is 0 Å². The van der Waals surface area contributed by atoms with E-state index in [0.717, 1.165) is 18.4 Å². The number of nitrogens with zero attached hydrogens (tertiary/aromatic N) is 2. The van der Waals surface area contributed by atoms with Crippen molar-refractivity contribution < 1.29 is 8.42 Å². The van der Waals surface area contributed by atoms with E-state index in [1.54, 1.807) is 42.6 Å². The molecule has 1 fully saturated rings. The van der Waals surface area contributed by atoms with Gasteiger partial charge in [-0.1, -0.05) is 12.1 Å². The van der Waals surface area contributed by atoms with E-state index in [0.29, 0.717) is 17.9 Å². The van der Waals surface area contributed by atoms with Crippen LogP contribution in [-0.2, 0) is 16.6 Å². The minimum Gasteiger partial charge on any atom is -0.365 e. The maximum atomic E-state index is 12.1. The monoisotopic (exact) mass is 328 g/mol. The zero-order valence-corrected chi connectivity index (χ0v) is 13.2. The number of nitrogens with one attached hydrogen (secondary N) is 2. The highest BCUT2D eigenvalue weighted by Crippen LogP contribution is 2.22. The molecule has 1 aromatic carbocycles. The van der Waals surface area contributed by atoms with Crippen LogP contribution in [-0.4, -0.2) is 19.4 Å². The summed E-state index contributed by atoms with van der Waals surface area (Å²) in [6, 6.07) is 12.2. The highest BCUT2D eigenvalue weighted by Gasteiger charge is 2.27. The molecule has 3 rings (SSSR count). The van der Waals surface area contributed by atoms with E-state index in [1.807, 2.05) is 0 Å². The molecule has 6 nitrogen and oxygen atoms in total. The molecule has 1 aliphatic rings. The van der Waals surface area contributed by atoms with Crippen molar-refractivity contribution in [3.63, 3.8) is 0 Å². The Balaban J connectivity index is 1.67. The molecule has 0 bridgehead atoms. The van der Waals surface area contributed by atoms with Gasteiger partial charge in [0.2, 0.25) is 10.0 Å². The molecule has 2 N–H and O–H groups in total. The van der Waals surface area contributed by atoms with Crippen molar-refractivity contribution in [2.45, 2.75) is 30.3 Å². The van der Waals surface area contributed by atoms with E-state index in [9.17, 15) is 8.42 Å². The van der Waals surface area contributed by atoms with Crippen LogP contribution in [0.2, 0.25) is 0 Å². The third-order valence-corrected chi connectivity index (χ3v) is 5.06. The number of nitriles is 1. The van der Waals surface area contributed by atoms with E-state index in [-0.39, 0.29) is 10.9 Å². The van der Waals surface area contributed by atoms with Crippen LogP contribution in [0.15, 0.2) is 47.5 Å². The first kappa shape index (κ1) is 15.5. The van der Waals surface area contributed by atoms with Gasteiger partial charge in [-0.15, -0.1) is 0 Å². The Labute approximate surface area is 135 Å². The number of aromatic nitrogens is 1. The van der Waals surface area contributed by atoms with E-state index in [2.05, 4.69) is 21.1 Å². The fourth-order valence-electron chi connectivity index (χ4n) is 2.10. The second-order valence-electron chi connectivity index (χ2n) is 5.40. The summed E-state index contributed by atoms with van der Waals surface area (Å²) in [5.41, 5.74) is 1.38. The van der Waals surface area contributed by atoms with Crippen LogP contribution >= 0.6 is 0 Å². The lowest BCUT2D eigenvalue weighted by molar-refractivity contribution is 0.581. The predicted molar refractivity (Wildman–Crippen MR) is 86.1 cm³/mol. The van der Waals surface area contributed by atoms with E-state index in [1.165, 1.54) is 0 Å². The van der Waals surface area contributed by atoms with Gasteiger partial charge in [0, 0.05) is 18.8 Å². The van der Waals surface area contributed by atoms with Crippen LogP contribution < -0.4 is 10.0 Å². The predicted octanol–water partition coefficient (Wildman–Crippen LogP) is 2.01. The van der Waals surface area contributed by atoms with Crippen molar-refractivity contribution in [1.82, 2.24) is 9.71 Å². The van der Waals surface area contributed by atoms with Crippen molar-refractivity contribution in [2.24, 2.45) is 0 Å². The summed E-state index contributed by atoms with van der Waals surface area (Å²) in [5, 5.41) is 12.1. The number of hydrogen-bond donors (Lipinski definition) is 2. The van der Waals surface area contributed by atoms with Gasteiger partial charge < -0.3 is 5.32 Å². The molecular weight excluding hydrogens is 312 g/mol. The third kappa shape index (κ3) is 3.86. The summed E-state index contributed by atoms with van der Waals surface area (Å²) in [4.78, 5) is 4.39. The average molecular weight is 328 g/mol. The molecule has 1 saturated carbocycles. The van der Waals surface area contributed by atoms with Crippen LogP contribution in [0.4, 0.5) is 5.82 Å². The Kier molecular flexibility index (Phi) is 4.28. The molecule has 0 spiro atoms. The number of rotatable bonds is 6. The maximum Gasteiger partial charge on any atom is 0.240 e. The lowest BCUT2D eigenvalue weighted by Crippen LogP contribution is -2.25. The van der Waals surface area contributed by atoms with E-state index < -0.39 is 10.0 Å². The average Bonchev–Trinajstić information content (AvgIpc) is 3.37. The van der Waals surface area contributed by atoms with Gasteiger partial charge in [-0.2, -0.15) is 5.26 Å². The quantitative estimate of drug-likeness (QED) is 0.846. The topological polar surface area (TPSA) is 94.9 Å². The lowest BCUT2D eigenvalue weighted by atomic mass is 10.2. The fourth-order valence-corrected chi connectivity index (χ4v) is 3.40. The first-order chi connectivity index (χ1) is 11.1. The molecule has 118 valence electrons. The SMILES string of the molecule is N#Cc1cccnc1NCc1ccc(S(=O)(=O)NC2CC2)cc1. The highest BCUT2D eigenvalue weighted by atomic mass is 32.2. The number of sulfonamides is 1. The van der Waals surface area contributed by atoms with Crippen LogP contribution in [0.3, 0.4) is 0 Å². The molecule has 0 amide bonds. The molecule has 0 radical (unpaired) electrons. The van der Waals surface area contributed by atoms with Crippen LogP contribution in [0.1, 0.15) is 24.0 Å². The largest absolute Gasteiger partial charge is 0.365 e. The molecule has 1 heterocycles. The molecule has 23 heavy (non-hydrogen) atoms. The lowest BCUT2D eigenvalue weighted by Gasteiger charge is -2.09.